The van der Waals surface area contributed by atoms with Crippen LogP contribution in [0, 0.1) is 5.41 Å². The molecule has 3 rings (SSSR count). The maximum Gasteiger partial charge on any atom is 0.407 e. The quantitative estimate of drug-likeness (QED) is 0.568. The van der Waals surface area contributed by atoms with Gasteiger partial charge in [-0.15, -0.1) is 0 Å². The maximum absolute atomic E-state index is 12.6. The fourth-order valence-corrected chi connectivity index (χ4v) is 3.69. The van der Waals surface area contributed by atoms with Crippen LogP contribution in [0.4, 0.5) is 4.79 Å². The van der Waals surface area contributed by atoms with Gasteiger partial charge in [-0.05, 0) is 34.6 Å². The first-order chi connectivity index (χ1) is 15.1. The highest BCUT2D eigenvalue weighted by molar-refractivity contribution is 5.86. The molecule has 8 nitrogen and oxygen atoms in total. The van der Waals surface area contributed by atoms with Gasteiger partial charge in [0.05, 0.1) is 0 Å². The van der Waals surface area contributed by atoms with E-state index in [9.17, 15) is 14.4 Å². The highest BCUT2D eigenvalue weighted by Gasteiger charge is 2.35. The van der Waals surface area contributed by atoms with E-state index in [1.54, 1.807) is 20.8 Å². The molecule has 8 heteroatoms. The van der Waals surface area contributed by atoms with Crippen LogP contribution in [-0.2, 0) is 19.2 Å². The summed E-state index contributed by atoms with van der Waals surface area (Å²) in [5, 5.41) is 11.5. The standard InChI is InChI=1S/C24H28N2O6/c1-14(22(28)29)32-26-21(27)20(24(2,3)4)25-23(30)31-13-19-17-11-7-5-9-15(17)16-10-6-8-12-18(16)19/h5-12,14,19-20H,13H2,1-4H3,(H,25,30)(H,26,27)(H,28,29)/t14?,20-/m1/s1. The summed E-state index contributed by atoms with van der Waals surface area (Å²) in [6, 6.07) is 15.0. The van der Waals surface area contributed by atoms with Gasteiger partial charge in [0.15, 0.2) is 6.10 Å². The van der Waals surface area contributed by atoms with Crippen molar-refractivity contribution >= 4 is 18.0 Å². The van der Waals surface area contributed by atoms with Gasteiger partial charge in [0.1, 0.15) is 12.6 Å². The number of carboxylic acids is 1. The Labute approximate surface area is 186 Å². The average molecular weight is 440 g/mol. The number of hydrogen-bond donors (Lipinski definition) is 3. The fourth-order valence-electron chi connectivity index (χ4n) is 3.69. The largest absolute Gasteiger partial charge is 0.479 e. The van der Waals surface area contributed by atoms with Crippen molar-refractivity contribution < 1.29 is 29.1 Å². The van der Waals surface area contributed by atoms with Crippen molar-refractivity contribution in [2.24, 2.45) is 5.41 Å². The van der Waals surface area contributed by atoms with E-state index in [1.807, 2.05) is 48.5 Å². The first-order valence-electron chi connectivity index (χ1n) is 10.4. The molecule has 0 heterocycles. The minimum Gasteiger partial charge on any atom is -0.479 e. The molecule has 170 valence electrons. The third-order valence-electron chi connectivity index (χ3n) is 5.42. The Balaban J connectivity index is 1.66. The lowest BCUT2D eigenvalue weighted by molar-refractivity contribution is -0.160. The predicted octanol–water partition coefficient (Wildman–Crippen LogP) is 3.46. The lowest BCUT2D eigenvalue weighted by Crippen LogP contribution is -2.54. The second kappa shape index (κ2) is 9.40. The van der Waals surface area contributed by atoms with E-state index >= 15 is 0 Å². The highest BCUT2D eigenvalue weighted by atomic mass is 16.7. The zero-order valence-electron chi connectivity index (χ0n) is 18.5. The number of nitrogens with one attached hydrogen (secondary N) is 2. The van der Waals surface area contributed by atoms with Gasteiger partial charge in [-0.2, -0.15) is 0 Å². The number of hydroxylamine groups is 1. The lowest BCUT2D eigenvalue weighted by atomic mass is 9.86. The molecule has 32 heavy (non-hydrogen) atoms. The summed E-state index contributed by atoms with van der Waals surface area (Å²) in [6.07, 6.45) is -1.97. The molecule has 0 aromatic heterocycles. The molecule has 1 aliphatic carbocycles. The summed E-state index contributed by atoms with van der Waals surface area (Å²) in [7, 11) is 0. The number of carbonyl (C=O) groups is 3. The van der Waals surface area contributed by atoms with Crippen LogP contribution in [0.5, 0.6) is 0 Å². The van der Waals surface area contributed by atoms with E-state index in [0.717, 1.165) is 22.3 Å². The third kappa shape index (κ3) is 5.08. The number of hydrogen-bond acceptors (Lipinski definition) is 5. The van der Waals surface area contributed by atoms with Crippen molar-refractivity contribution in [2.45, 2.75) is 45.8 Å². The number of carboxylic acid groups (broad SMARTS) is 1. The minimum absolute atomic E-state index is 0.102. The summed E-state index contributed by atoms with van der Waals surface area (Å²) in [5.74, 6) is -1.99. The van der Waals surface area contributed by atoms with Gasteiger partial charge in [0, 0.05) is 5.92 Å². The van der Waals surface area contributed by atoms with Gasteiger partial charge in [-0.1, -0.05) is 69.3 Å². The van der Waals surface area contributed by atoms with E-state index < -0.39 is 35.5 Å². The summed E-state index contributed by atoms with van der Waals surface area (Å²) in [6.45, 7) is 6.70. The van der Waals surface area contributed by atoms with E-state index in [2.05, 4.69) is 10.8 Å². The molecule has 0 saturated heterocycles. The van der Waals surface area contributed by atoms with Gasteiger partial charge in [0.25, 0.3) is 5.91 Å². The molecule has 2 aromatic carbocycles. The van der Waals surface area contributed by atoms with Gasteiger partial charge >= 0.3 is 12.1 Å². The van der Waals surface area contributed by atoms with E-state index in [4.69, 9.17) is 14.7 Å². The normalized spacial score (nSPS) is 14.6. The Morgan fingerprint density at radius 3 is 2.03 bits per heavy atom. The SMILES string of the molecule is CC(ONC(=O)[C@@H](NC(=O)OCC1c2ccccc2-c2ccccc21)C(C)(C)C)C(=O)O. The van der Waals surface area contributed by atoms with Crippen molar-refractivity contribution in [3.8, 4) is 11.1 Å². The Morgan fingerprint density at radius 2 is 1.53 bits per heavy atom. The predicted molar refractivity (Wildman–Crippen MR) is 118 cm³/mol. The Hall–Kier alpha value is -3.39. The molecule has 3 N–H and O–H groups in total. The number of aliphatic carboxylic acids is 1. The minimum atomic E-state index is -1.23. The summed E-state index contributed by atoms with van der Waals surface area (Å²) in [5.41, 5.74) is 5.84. The van der Waals surface area contributed by atoms with Crippen molar-refractivity contribution in [1.82, 2.24) is 10.8 Å². The van der Waals surface area contributed by atoms with Crippen molar-refractivity contribution in [3.63, 3.8) is 0 Å². The Kier molecular flexibility index (Phi) is 6.84. The molecule has 0 aliphatic heterocycles. The molecule has 2 aromatic rings. The molecule has 0 radical (unpaired) electrons. The van der Waals surface area contributed by atoms with Crippen LogP contribution >= 0.6 is 0 Å². The van der Waals surface area contributed by atoms with E-state index in [0.29, 0.717) is 0 Å². The van der Waals surface area contributed by atoms with Crippen LogP contribution in [0.2, 0.25) is 0 Å². The zero-order valence-corrected chi connectivity index (χ0v) is 18.5. The van der Waals surface area contributed by atoms with Crippen molar-refractivity contribution in [2.75, 3.05) is 6.61 Å². The maximum atomic E-state index is 12.6. The Morgan fingerprint density at radius 1 is 1.00 bits per heavy atom. The molecule has 1 unspecified atom stereocenters. The lowest BCUT2D eigenvalue weighted by Gasteiger charge is -2.30. The average Bonchev–Trinajstić information content (AvgIpc) is 3.07. The van der Waals surface area contributed by atoms with Crippen LogP contribution in [0.1, 0.15) is 44.7 Å². The number of alkyl carbamates (subject to hydrolysis) is 1. The van der Waals surface area contributed by atoms with Crippen LogP contribution in [0.3, 0.4) is 0 Å². The molecule has 0 saturated carbocycles. The number of amides is 2. The number of carbonyl (C=O) groups excluding carboxylic acids is 2. The second-order valence-electron chi connectivity index (χ2n) is 8.83. The molecular formula is C24H28N2O6. The van der Waals surface area contributed by atoms with Gasteiger partial charge in [0.2, 0.25) is 0 Å². The number of rotatable bonds is 7. The molecule has 1 aliphatic rings. The smallest absolute Gasteiger partial charge is 0.407 e. The second-order valence-corrected chi connectivity index (χ2v) is 8.83. The molecular weight excluding hydrogens is 412 g/mol. The summed E-state index contributed by atoms with van der Waals surface area (Å²) < 4.78 is 5.51. The van der Waals surface area contributed by atoms with Crippen LogP contribution in [0.25, 0.3) is 11.1 Å². The molecule has 0 spiro atoms. The number of ether oxygens (including phenoxy) is 1. The number of benzene rings is 2. The summed E-state index contributed by atoms with van der Waals surface area (Å²) >= 11 is 0. The molecule has 2 amide bonds. The van der Waals surface area contributed by atoms with Crippen molar-refractivity contribution in [3.05, 3.63) is 59.7 Å². The first-order valence-corrected chi connectivity index (χ1v) is 10.4. The summed E-state index contributed by atoms with van der Waals surface area (Å²) in [4.78, 5) is 40.9. The highest BCUT2D eigenvalue weighted by Crippen LogP contribution is 2.44. The first kappa shape index (κ1) is 23.3. The molecule has 0 fully saturated rings. The fraction of sp³-hybridized carbons (Fsp3) is 0.375. The Bertz CT molecular complexity index is 968. The van der Waals surface area contributed by atoms with E-state index in [1.165, 1.54) is 6.92 Å². The molecule has 0 bridgehead atoms. The monoisotopic (exact) mass is 440 g/mol. The number of fused-ring (bicyclic) bond motifs is 3. The molecule has 2 atom stereocenters. The van der Waals surface area contributed by atoms with Crippen LogP contribution < -0.4 is 10.8 Å². The van der Waals surface area contributed by atoms with Gasteiger partial charge in [-0.3, -0.25) is 9.63 Å². The van der Waals surface area contributed by atoms with Crippen LogP contribution in [-0.4, -0.2) is 41.8 Å². The van der Waals surface area contributed by atoms with Crippen molar-refractivity contribution in [1.29, 1.82) is 0 Å². The van der Waals surface area contributed by atoms with Gasteiger partial charge in [-0.25, -0.2) is 15.1 Å². The van der Waals surface area contributed by atoms with Crippen LogP contribution in [0.15, 0.2) is 48.5 Å². The van der Waals surface area contributed by atoms with E-state index in [-0.39, 0.29) is 12.5 Å². The third-order valence-corrected chi connectivity index (χ3v) is 5.42. The topological polar surface area (TPSA) is 114 Å². The zero-order chi connectivity index (χ0) is 23.5. The van der Waals surface area contributed by atoms with Gasteiger partial charge < -0.3 is 15.2 Å².